The van der Waals surface area contributed by atoms with Gasteiger partial charge in [0.25, 0.3) is 0 Å². The first-order chi connectivity index (χ1) is 8.02. The Morgan fingerprint density at radius 3 is 2.59 bits per heavy atom. The van der Waals surface area contributed by atoms with Gasteiger partial charge in [0.1, 0.15) is 5.75 Å². The Morgan fingerprint density at radius 2 is 2.00 bits per heavy atom. The lowest BCUT2D eigenvalue weighted by Crippen LogP contribution is -2.28. The van der Waals surface area contributed by atoms with Crippen molar-refractivity contribution in [3.8, 4) is 5.75 Å². The van der Waals surface area contributed by atoms with Gasteiger partial charge >= 0.3 is 11.9 Å². The van der Waals surface area contributed by atoms with E-state index >= 15 is 0 Å². The first-order valence-electron chi connectivity index (χ1n) is 5.30. The lowest BCUT2D eigenvalue weighted by molar-refractivity contribution is -0.173. The van der Waals surface area contributed by atoms with E-state index < -0.39 is 17.5 Å². The number of esters is 1. The maximum atomic E-state index is 13.6. The molecule has 0 amide bonds. The molecule has 0 bridgehead atoms. The second kappa shape index (κ2) is 5.61. The van der Waals surface area contributed by atoms with Crippen LogP contribution in [-0.4, -0.2) is 19.2 Å². The Kier molecular flexibility index (Phi) is 4.43. The van der Waals surface area contributed by atoms with Gasteiger partial charge in [-0.2, -0.15) is 8.78 Å². The molecule has 0 aliphatic rings. The summed E-state index contributed by atoms with van der Waals surface area (Å²) in [5.41, 5.74) is -0.429. The van der Waals surface area contributed by atoms with Crippen LogP contribution in [0.15, 0.2) is 24.3 Å². The van der Waals surface area contributed by atoms with Gasteiger partial charge in [0, 0.05) is 5.56 Å². The maximum absolute atomic E-state index is 13.6. The molecule has 0 radical (unpaired) electrons. The minimum absolute atomic E-state index is 0.0838. The molecule has 0 spiro atoms. The van der Waals surface area contributed by atoms with Crippen LogP contribution in [0.4, 0.5) is 8.78 Å². The number of ether oxygens (including phenoxy) is 2. The molecule has 5 heteroatoms. The summed E-state index contributed by atoms with van der Waals surface area (Å²) < 4.78 is 36.7. The highest BCUT2D eigenvalue weighted by molar-refractivity contribution is 5.79. The largest absolute Gasteiger partial charge is 0.494 e. The van der Waals surface area contributed by atoms with E-state index in [1.165, 1.54) is 19.1 Å². The normalized spacial score (nSPS) is 11.1. The molecule has 0 aliphatic carbocycles. The average Bonchev–Trinajstić information content (AvgIpc) is 2.30. The SMILES string of the molecule is CCOC(=O)C(F)(F)c1cccc(OCC)c1. The molecule has 0 N–H and O–H groups in total. The molecule has 0 aliphatic heterocycles. The van der Waals surface area contributed by atoms with Crippen molar-refractivity contribution < 1.29 is 23.0 Å². The standard InChI is InChI=1S/C12H14F2O3/c1-3-16-10-7-5-6-9(8-10)12(13,14)11(15)17-4-2/h5-8H,3-4H2,1-2H3. The van der Waals surface area contributed by atoms with E-state index in [4.69, 9.17) is 4.74 Å². The highest BCUT2D eigenvalue weighted by Crippen LogP contribution is 2.31. The number of carbonyl (C=O) groups excluding carboxylic acids is 1. The summed E-state index contributed by atoms with van der Waals surface area (Å²) in [6, 6.07) is 5.27. The summed E-state index contributed by atoms with van der Waals surface area (Å²) in [5, 5.41) is 0. The molecular weight excluding hydrogens is 230 g/mol. The number of halogens is 2. The van der Waals surface area contributed by atoms with Crippen molar-refractivity contribution in [1.29, 1.82) is 0 Å². The van der Waals surface area contributed by atoms with Crippen LogP contribution in [0.25, 0.3) is 0 Å². The Bertz CT molecular complexity index is 391. The minimum atomic E-state index is -3.65. The molecule has 0 fully saturated rings. The van der Waals surface area contributed by atoms with Crippen molar-refractivity contribution in [1.82, 2.24) is 0 Å². The van der Waals surface area contributed by atoms with Crippen molar-refractivity contribution in [2.75, 3.05) is 13.2 Å². The van der Waals surface area contributed by atoms with Gasteiger partial charge in [-0.05, 0) is 26.0 Å². The third-order valence-electron chi connectivity index (χ3n) is 2.04. The molecule has 1 aromatic rings. The fraction of sp³-hybridized carbons (Fsp3) is 0.417. The molecule has 1 aromatic carbocycles. The zero-order valence-corrected chi connectivity index (χ0v) is 9.70. The Balaban J connectivity index is 2.97. The van der Waals surface area contributed by atoms with Gasteiger partial charge in [-0.3, -0.25) is 0 Å². The zero-order chi connectivity index (χ0) is 12.9. The van der Waals surface area contributed by atoms with Gasteiger partial charge in [-0.15, -0.1) is 0 Å². The lowest BCUT2D eigenvalue weighted by atomic mass is 10.1. The first-order valence-corrected chi connectivity index (χ1v) is 5.30. The Labute approximate surface area is 98.3 Å². The summed E-state index contributed by atoms with van der Waals surface area (Å²) in [7, 11) is 0. The third-order valence-corrected chi connectivity index (χ3v) is 2.04. The predicted octanol–water partition coefficient (Wildman–Crippen LogP) is 2.74. The van der Waals surface area contributed by atoms with E-state index in [-0.39, 0.29) is 6.61 Å². The zero-order valence-electron chi connectivity index (χ0n) is 9.70. The van der Waals surface area contributed by atoms with Crippen LogP contribution in [0.2, 0.25) is 0 Å². The number of hydrogen-bond donors (Lipinski definition) is 0. The highest BCUT2D eigenvalue weighted by atomic mass is 19.3. The molecule has 1 rings (SSSR count). The van der Waals surface area contributed by atoms with E-state index in [0.29, 0.717) is 12.4 Å². The van der Waals surface area contributed by atoms with Crippen LogP contribution in [0.3, 0.4) is 0 Å². The highest BCUT2D eigenvalue weighted by Gasteiger charge is 2.42. The summed E-state index contributed by atoms with van der Waals surface area (Å²) >= 11 is 0. The van der Waals surface area contributed by atoms with Crippen LogP contribution >= 0.6 is 0 Å². The molecule has 94 valence electrons. The van der Waals surface area contributed by atoms with Crippen LogP contribution in [0.5, 0.6) is 5.75 Å². The van der Waals surface area contributed by atoms with E-state index in [2.05, 4.69) is 4.74 Å². The Hall–Kier alpha value is -1.65. The molecule has 0 saturated carbocycles. The molecule has 0 atom stereocenters. The summed E-state index contributed by atoms with van der Waals surface area (Å²) in [4.78, 5) is 11.1. The predicted molar refractivity (Wildman–Crippen MR) is 58.1 cm³/mol. The number of benzene rings is 1. The topological polar surface area (TPSA) is 35.5 Å². The van der Waals surface area contributed by atoms with Crippen LogP contribution < -0.4 is 4.74 Å². The van der Waals surface area contributed by atoms with Gasteiger partial charge < -0.3 is 9.47 Å². The summed E-state index contributed by atoms with van der Waals surface area (Å²) in [5.74, 6) is -4.90. The van der Waals surface area contributed by atoms with Crippen LogP contribution in [0.1, 0.15) is 19.4 Å². The number of rotatable bonds is 5. The summed E-state index contributed by atoms with van der Waals surface area (Å²) in [6.45, 7) is 3.51. The lowest BCUT2D eigenvalue weighted by Gasteiger charge is -2.15. The molecule has 0 heterocycles. The molecule has 17 heavy (non-hydrogen) atoms. The van der Waals surface area contributed by atoms with E-state index in [1.807, 2.05) is 0 Å². The van der Waals surface area contributed by atoms with Gasteiger partial charge in [0.2, 0.25) is 0 Å². The third kappa shape index (κ3) is 3.15. The smallest absolute Gasteiger partial charge is 0.381 e. The number of hydrogen-bond acceptors (Lipinski definition) is 3. The number of alkyl halides is 2. The van der Waals surface area contributed by atoms with Crippen molar-refractivity contribution in [2.45, 2.75) is 19.8 Å². The van der Waals surface area contributed by atoms with Gasteiger partial charge in [-0.1, -0.05) is 12.1 Å². The van der Waals surface area contributed by atoms with Crippen LogP contribution in [-0.2, 0) is 15.5 Å². The van der Waals surface area contributed by atoms with Crippen molar-refractivity contribution in [3.63, 3.8) is 0 Å². The monoisotopic (exact) mass is 244 g/mol. The maximum Gasteiger partial charge on any atom is 0.381 e. The quantitative estimate of drug-likeness (QED) is 0.747. The summed E-state index contributed by atoms with van der Waals surface area (Å²) in [6.07, 6.45) is 0. The van der Waals surface area contributed by atoms with E-state index in [9.17, 15) is 13.6 Å². The van der Waals surface area contributed by atoms with Crippen molar-refractivity contribution in [2.24, 2.45) is 0 Å². The molecular formula is C12H14F2O3. The van der Waals surface area contributed by atoms with Gasteiger partial charge in [0.15, 0.2) is 0 Å². The molecule has 3 nitrogen and oxygen atoms in total. The molecule has 0 aromatic heterocycles. The average molecular weight is 244 g/mol. The molecule has 0 saturated heterocycles. The fourth-order valence-electron chi connectivity index (χ4n) is 1.29. The van der Waals surface area contributed by atoms with E-state index in [1.54, 1.807) is 13.0 Å². The molecule has 0 unspecified atom stereocenters. The minimum Gasteiger partial charge on any atom is -0.494 e. The number of carbonyl (C=O) groups is 1. The second-order valence-corrected chi connectivity index (χ2v) is 3.26. The van der Waals surface area contributed by atoms with Crippen molar-refractivity contribution >= 4 is 5.97 Å². The fourth-order valence-corrected chi connectivity index (χ4v) is 1.29. The van der Waals surface area contributed by atoms with Gasteiger partial charge in [0.05, 0.1) is 13.2 Å². The van der Waals surface area contributed by atoms with Gasteiger partial charge in [-0.25, -0.2) is 4.79 Å². The first kappa shape index (κ1) is 13.4. The van der Waals surface area contributed by atoms with E-state index in [0.717, 1.165) is 6.07 Å². The van der Waals surface area contributed by atoms with Crippen LogP contribution in [0, 0.1) is 0 Å². The Morgan fingerprint density at radius 1 is 1.29 bits per heavy atom. The van der Waals surface area contributed by atoms with Crippen molar-refractivity contribution in [3.05, 3.63) is 29.8 Å². The second-order valence-electron chi connectivity index (χ2n) is 3.26.